The second-order valence-corrected chi connectivity index (χ2v) is 12.6. The lowest BCUT2D eigenvalue weighted by atomic mass is 9.78. The van der Waals surface area contributed by atoms with Gasteiger partial charge in [0.1, 0.15) is 0 Å². The van der Waals surface area contributed by atoms with Crippen molar-refractivity contribution < 1.29 is 9.47 Å². The summed E-state index contributed by atoms with van der Waals surface area (Å²) in [6.45, 7) is 6.36. The molecule has 3 aliphatic heterocycles. The first-order chi connectivity index (χ1) is 21.7. The van der Waals surface area contributed by atoms with Crippen molar-refractivity contribution in [2.45, 2.75) is 19.3 Å². The molecule has 3 aliphatic rings. The molecule has 9 heteroatoms. The highest BCUT2D eigenvalue weighted by atomic mass is 16.5. The van der Waals surface area contributed by atoms with E-state index >= 15 is 0 Å². The van der Waals surface area contributed by atoms with Crippen LogP contribution in [0.25, 0.3) is 44.1 Å². The molecule has 9 rings (SSSR count). The number of fused-ring (bicyclic) bond motifs is 4. The fraction of sp³-hybridized carbons (Fsp3) is 0.286. The normalized spacial score (nSPS) is 16.9. The Kier molecular flexibility index (Phi) is 5.95. The van der Waals surface area contributed by atoms with Gasteiger partial charge in [0.05, 0.1) is 42.3 Å². The van der Waals surface area contributed by atoms with Crippen LogP contribution in [-0.4, -0.2) is 69.7 Å². The molecule has 6 heterocycles. The standard InChI is InChI=1S/C35H33N7O2/c1(2-10-41-19-35(20-41)21-43-22-35)3-11-42-31-9-6-25(23-4-7-29-27(12-23)17-37-39-29)14-32(31)44-33-15-26(16-36-34(33)42)24-5-8-30-28(13-24)18-38-40-30/h4-9,12-18H,1-3,10-11,19-22H2,(H,37,39)(H,38,40). The number of anilines is 2. The Morgan fingerprint density at radius 3 is 2.07 bits per heavy atom. The molecule has 2 N–H and O–H groups in total. The highest BCUT2D eigenvalue weighted by molar-refractivity contribution is 5.87. The SMILES string of the molecule is c1cc2c(cc1-c1ccc3[nH]ncc3c1)Oc1cc(-c3ccc4[nH]ncc4c3)cnc1N2CCCCCN1CC2(COC2)C1. The van der Waals surface area contributed by atoms with Gasteiger partial charge in [0.25, 0.3) is 0 Å². The number of benzene rings is 3. The van der Waals surface area contributed by atoms with Crippen molar-refractivity contribution in [2.75, 3.05) is 44.3 Å². The number of aromatic nitrogens is 5. The van der Waals surface area contributed by atoms with E-state index < -0.39 is 0 Å². The second-order valence-electron chi connectivity index (χ2n) is 12.6. The van der Waals surface area contributed by atoms with E-state index in [9.17, 15) is 0 Å². The summed E-state index contributed by atoms with van der Waals surface area (Å²) in [6.07, 6.45) is 9.14. The van der Waals surface area contributed by atoms with Crippen molar-refractivity contribution in [3.8, 4) is 33.8 Å². The first-order valence-electron chi connectivity index (χ1n) is 15.5. The summed E-state index contributed by atoms with van der Waals surface area (Å²) >= 11 is 0. The maximum absolute atomic E-state index is 6.64. The molecule has 220 valence electrons. The van der Waals surface area contributed by atoms with Crippen molar-refractivity contribution in [1.29, 1.82) is 0 Å². The fourth-order valence-electron chi connectivity index (χ4n) is 6.99. The molecule has 3 aromatic heterocycles. The van der Waals surface area contributed by atoms with Crippen LogP contribution >= 0.6 is 0 Å². The van der Waals surface area contributed by atoms with Crippen molar-refractivity contribution >= 4 is 33.3 Å². The third kappa shape index (κ3) is 4.42. The number of hydrogen-bond acceptors (Lipinski definition) is 7. The monoisotopic (exact) mass is 583 g/mol. The number of nitrogens with one attached hydrogen (secondary N) is 2. The number of likely N-dealkylation sites (tertiary alicyclic amines) is 1. The van der Waals surface area contributed by atoms with Gasteiger partial charge < -0.3 is 19.3 Å². The highest BCUT2D eigenvalue weighted by Crippen LogP contribution is 2.48. The molecule has 0 atom stereocenters. The van der Waals surface area contributed by atoms with E-state index in [2.05, 4.69) is 90.9 Å². The largest absolute Gasteiger partial charge is 0.451 e. The smallest absolute Gasteiger partial charge is 0.176 e. The van der Waals surface area contributed by atoms with E-state index in [0.717, 1.165) is 93.2 Å². The number of H-pyrrole nitrogens is 2. The second kappa shape index (κ2) is 10.2. The quantitative estimate of drug-likeness (QED) is 0.188. The van der Waals surface area contributed by atoms with Gasteiger partial charge in [0.2, 0.25) is 0 Å². The first-order valence-corrected chi connectivity index (χ1v) is 15.5. The van der Waals surface area contributed by atoms with Crippen molar-refractivity contribution in [2.24, 2.45) is 5.41 Å². The zero-order chi connectivity index (χ0) is 29.1. The van der Waals surface area contributed by atoms with Crippen molar-refractivity contribution in [1.82, 2.24) is 30.3 Å². The molecule has 6 aromatic rings. The summed E-state index contributed by atoms with van der Waals surface area (Å²) in [4.78, 5) is 9.90. The fourth-order valence-corrected chi connectivity index (χ4v) is 6.99. The lowest BCUT2D eigenvalue weighted by molar-refractivity contribution is -0.188. The van der Waals surface area contributed by atoms with E-state index in [4.69, 9.17) is 14.5 Å². The van der Waals surface area contributed by atoms with Gasteiger partial charge in [-0.15, -0.1) is 0 Å². The average molecular weight is 584 g/mol. The topological polar surface area (TPSA) is 95.2 Å². The van der Waals surface area contributed by atoms with Crippen LogP contribution < -0.4 is 9.64 Å². The Balaban J connectivity index is 0.991. The number of pyridine rings is 1. The number of nitrogens with zero attached hydrogens (tertiary/aromatic N) is 5. The van der Waals surface area contributed by atoms with E-state index in [1.165, 1.54) is 32.5 Å². The van der Waals surface area contributed by atoms with Crippen LogP contribution in [0.15, 0.2) is 79.3 Å². The van der Waals surface area contributed by atoms with Gasteiger partial charge in [-0.2, -0.15) is 10.2 Å². The molecular weight excluding hydrogens is 550 g/mol. The molecule has 3 aromatic carbocycles. The lowest BCUT2D eigenvalue weighted by Gasteiger charge is -2.55. The number of unbranched alkanes of at least 4 members (excludes halogenated alkanes) is 2. The molecule has 0 amide bonds. The summed E-state index contributed by atoms with van der Waals surface area (Å²) < 4.78 is 12.1. The number of ether oxygens (including phenoxy) is 2. The molecule has 0 saturated carbocycles. The molecule has 1 spiro atoms. The maximum Gasteiger partial charge on any atom is 0.176 e. The first kappa shape index (κ1) is 25.7. The van der Waals surface area contributed by atoms with Crippen molar-refractivity contribution in [3.63, 3.8) is 0 Å². The van der Waals surface area contributed by atoms with Crippen LogP contribution in [0.5, 0.6) is 11.5 Å². The third-order valence-electron chi connectivity index (χ3n) is 9.40. The predicted octanol–water partition coefficient (Wildman–Crippen LogP) is 6.91. The zero-order valence-electron chi connectivity index (χ0n) is 24.4. The molecular formula is C35H33N7O2. The van der Waals surface area contributed by atoms with Crippen LogP contribution in [0.2, 0.25) is 0 Å². The molecule has 2 fully saturated rings. The van der Waals surface area contributed by atoms with Gasteiger partial charge in [0.15, 0.2) is 17.3 Å². The molecule has 0 radical (unpaired) electrons. The van der Waals surface area contributed by atoms with Gasteiger partial charge in [-0.3, -0.25) is 10.2 Å². The van der Waals surface area contributed by atoms with Crippen LogP contribution in [0.1, 0.15) is 19.3 Å². The molecule has 9 nitrogen and oxygen atoms in total. The summed E-state index contributed by atoms with van der Waals surface area (Å²) in [5.41, 5.74) is 7.92. The Morgan fingerprint density at radius 1 is 0.682 bits per heavy atom. The van der Waals surface area contributed by atoms with Crippen LogP contribution in [0, 0.1) is 5.41 Å². The molecule has 2 saturated heterocycles. The van der Waals surface area contributed by atoms with Crippen molar-refractivity contribution in [3.05, 3.63) is 79.3 Å². The molecule has 0 bridgehead atoms. The average Bonchev–Trinajstić information content (AvgIpc) is 3.68. The molecule has 44 heavy (non-hydrogen) atoms. The van der Waals surface area contributed by atoms with E-state index in [0.29, 0.717) is 5.41 Å². The van der Waals surface area contributed by atoms with E-state index in [-0.39, 0.29) is 0 Å². The maximum atomic E-state index is 6.64. The van der Waals surface area contributed by atoms with Gasteiger partial charge in [0, 0.05) is 47.6 Å². The minimum Gasteiger partial charge on any atom is -0.451 e. The van der Waals surface area contributed by atoms with Crippen LogP contribution in [-0.2, 0) is 4.74 Å². The Labute approximate surface area is 254 Å². The van der Waals surface area contributed by atoms with Gasteiger partial charge in [-0.05, 0) is 78.5 Å². The Bertz CT molecular complexity index is 1880. The van der Waals surface area contributed by atoms with Crippen LogP contribution in [0.3, 0.4) is 0 Å². The minimum atomic E-state index is 0.485. The van der Waals surface area contributed by atoms with Gasteiger partial charge >= 0.3 is 0 Å². The number of aromatic amines is 2. The number of rotatable bonds is 8. The molecule has 0 unspecified atom stereocenters. The highest BCUT2D eigenvalue weighted by Gasteiger charge is 2.48. The van der Waals surface area contributed by atoms with Gasteiger partial charge in [-0.1, -0.05) is 24.6 Å². The van der Waals surface area contributed by atoms with Gasteiger partial charge in [-0.25, -0.2) is 4.98 Å². The summed E-state index contributed by atoms with van der Waals surface area (Å²) in [5, 5.41) is 16.6. The lowest BCUT2D eigenvalue weighted by Crippen LogP contribution is -2.65. The summed E-state index contributed by atoms with van der Waals surface area (Å²) in [7, 11) is 0. The third-order valence-corrected chi connectivity index (χ3v) is 9.40. The Hall–Kier alpha value is -4.73. The van der Waals surface area contributed by atoms with E-state index in [1.807, 2.05) is 18.6 Å². The summed E-state index contributed by atoms with van der Waals surface area (Å²) in [5.74, 6) is 2.49. The Morgan fingerprint density at radius 2 is 1.34 bits per heavy atom. The minimum absolute atomic E-state index is 0.485. The van der Waals surface area contributed by atoms with Crippen LogP contribution in [0.4, 0.5) is 11.5 Å². The summed E-state index contributed by atoms with van der Waals surface area (Å²) in [6, 6.07) is 21.3. The molecule has 0 aliphatic carbocycles. The van der Waals surface area contributed by atoms with E-state index in [1.54, 1.807) is 0 Å². The number of hydrogen-bond donors (Lipinski definition) is 2. The predicted molar refractivity (Wildman–Crippen MR) is 171 cm³/mol. The zero-order valence-corrected chi connectivity index (χ0v) is 24.4.